The number of benzene rings is 8. The molecule has 58 heavy (non-hydrogen) atoms. The summed E-state index contributed by atoms with van der Waals surface area (Å²) >= 11 is 1.90. The van der Waals surface area contributed by atoms with Gasteiger partial charge in [-0.15, -0.1) is 11.3 Å². The van der Waals surface area contributed by atoms with Gasteiger partial charge >= 0.3 is 0 Å². The van der Waals surface area contributed by atoms with Crippen LogP contribution in [-0.2, 0) is 5.41 Å². The lowest BCUT2D eigenvalue weighted by Gasteiger charge is -2.57. The molecule has 4 fully saturated rings. The molecule has 4 aliphatic rings. The molecule has 0 aliphatic heterocycles. The summed E-state index contributed by atoms with van der Waals surface area (Å²) in [5.41, 5.74) is 13.0. The molecule has 4 saturated carbocycles. The highest BCUT2D eigenvalue weighted by Gasteiger charge is 2.51. The molecule has 9 aromatic rings. The second kappa shape index (κ2) is 13.6. The van der Waals surface area contributed by atoms with Crippen LogP contribution in [0.2, 0.25) is 0 Å². The van der Waals surface area contributed by atoms with Crippen molar-refractivity contribution in [1.82, 2.24) is 0 Å². The van der Waals surface area contributed by atoms with Crippen molar-refractivity contribution < 1.29 is 0 Å². The number of anilines is 3. The zero-order chi connectivity index (χ0) is 38.2. The van der Waals surface area contributed by atoms with Crippen LogP contribution in [0.3, 0.4) is 0 Å². The van der Waals surface area contributed by atoms with E-state index in [9.17, 15) is 0 Å². The summed E-state index contributed by atoms with van der Waals surface area (Å²) in [5.74, 6) is 2.80. The Bertz CT molecular complexity index is 2920. The third-order valence-corrected chi connectivity index (χ3v) is 15.3. The van der Waals surface area contributed by atoms with E-state index in [4.69, 9.17) is 0 Å². The van der Waals surface area contributed by atoms with Gasteiger partial charge in [0.1, 0.15) is 0 Å². The van der Waals surface area contributed by atoms with Crippen molar-refractivity contribution in [3.63, 3.8) is 0 Å². The van der Waals surface area contributed by atoms with E-state index in [1.807, 2.05) is 11.3 Å². The normalized spacial score (nSPS) is 20.9. The van der Waals surface area contributed by atoms with Crippen molar-refractivity contribution in [3.05, 3.63) is 188 Å². The topological polar surface area (TPSA) is 3.24 Å². The van der Waals surface area contributed by atoms with E-state index >= 15 is 0 Å². The average Bonchev–Trinajstić information content (AvgIpc) is 3.66. The maximum absolute atomic E-state index is 2.49. The van der Waals surface area contributed by atoms with Gasteiger partial charge in [-0.3, -0.25) is 0 Å². The largest absolute Gasteiger partial charge is 0.311 e. The molecule has 280 valence electrons. The van der Waals surface area contributed by atoms with Gasteiger partial charge < -0.3 is 4.90 Å². The monoisotopic (exact) mass is 763 g/mol. The van der Waals surface area contributed by atoms with Crippen LogP contribution in [0.15, 0.2) is 182 Å². The van der Waals surface area contributed by atoms with Crippen molar-refractivity contribution in [3.8, 4) is 33.4 Å². The SMILES string of the molecule is c1ccc(-c2cccc3cccc(-c4ccc(N(c5ccc(-c6cccc7c6sc6ccccc67)cc5)c5ccc(C67CC8CC(CC(C8)C6)C7)cc5)cc4)c23)cc1. The molecule has 0 radical (unpaired) electrons. The first kappa shape index (κ1) is 34.1. The summed E-state index contributed by atoms with van der Waals surface area (Å²) in [6, 6.07) is 68.1. The molecule has 0 N–H and O–H groups in total. The molecule has 8 aromatic carbocycles. The lowest BCUT2D eigenvalue weighted by molar-refractivity contribution is -0.00518. The van der Waals surface area contributed by atoms with E-state index in [1.54, 1.807) is 5.56 Å². The summed E-state index contributed by atoms with van der Waals surface area (Å²) in [6.07, 6.45) is 8.58. The molecular weight excluding hydrogens is 719 g/mol. The Kier molecular flexibility index (Phi) is 7.98. The van der Waals surface area contributed by atoms with E-state index in [2.05, 4.69) is 187 Å². The standard InChI is InChI=1S/C56H45NS/c1-2-9-40(10-3-1)48-14-6-11-43-12-7-15-49(54(43)48)41-19-25-45(26-20-41)57(47-29-23-44(24-30-47)56-34-37-31-38(35-56)33-39(32-37)36-56)46-27-21-42(22-28-46)50-16-8-17-52-51-13-4-5-18-53(51)58-55(50)52/h1-30,37-39H,31-36H2. The van der Waals surface area contributed by atoms with Crippen LogP contribution in [0.25, 0.3) is 64.3 Å². The second-order valence-electron chi connectivity index (χ2n) is 17.5. The Morgan fingerprint density at radius 3 is 1.52 bits per heavy atom. The van der Waals surface area contributed by atoms with E-state index in [1.165, 1.54) is 114 Å². The molecule has 0 saturated heterocycles. The van der Waals surface area contributed by atoms with E-state index in [0.29, 0.717) is 5.41 Å². The predicted octanol–water partition coefficient (Wildman–Crippen LogP) is 16.1. The maximum atomic E-state index is 2.49. The van der Waals surface area contributed by atoms with Gasteiger partial charge in [0.2, 0.25) is 0 Å². The lowest BCUT2D eigenvalue weighted by atomic mass is 9.48. The molecule has 1 heterocycles. The fourth-order valence-electron chi connectivity index (χ4n) is 11.9. The third-order valence-electron chi connectivity index (χ3n) is 14.0. The minimum absolute atomic E-state index is 0.381. The van der Waals surface area contributed by atoms with Gasteiger partial charge in [-0.1, -0.05) is 140 Å². The van der Waals surface area contributed by atoms with Crippen molar-refractivity contribution in [2.24, 2.45) is 17.8 Å². The van der Waals surface area contributed by atoms with E-state index < -0.39 is 0 Å². The molecule has 1 nitrogen and oxygen atoms in total. The van der Waals surface area contributed by atoms with E-state index in [-0.39, 0.29) is 0 Å². The molecule has 4 aliphatic carbocycles. The van der Waals surface area contributed by atoms with Crippen molar-refractivity contribution in [1.29, 1.82) is 0 Å². The maximum Gasteiger partial charge on any atom is 0.0462 e. The van der Waals surface area contributed by atoms with Gasteiger partial charge in [0.25, 0.3) is 0 Å². The molecule has 13 rings (SSSR count). The number of hydrogen-bond donors (Lipinski definition) is 0. The van der Waals surface area contributed by atoms with Gasteiger partial charge in [-0.05, 0) is 154 Å². The molecule has 2 heteroatoms. The van der Waals surface area contributed by atoms with Crippen molar-refractivity contribution in [2.75, 3.05) is 4.90 Å². The smallest absolute Gasteiger partial charge is 0.0462 e. The molecule has 0 atom stereocenters. The fourth-order valence-corrected chi connectivity index (χ4v) is 13.1. The zero-order valence-electron chi connectivity index (χ0n) is 32.7. The number of thiophene rings is 1. The van der Waals surface area contributed by atoms with Crippen LogP contribution in [-0.4, -0.2) is 0 Å². The van der Waals surface area contributed by atoms with Crippen molar-refractivity contribution >= 4 is 59.3 Å². The summed E-state index contributed by atoms with van der Waals surface area (Å²) in [6.45, 7) is 0. The van der Waals surface area contributed by atoms with Crippen LogP contribution >= 0.6 is 11.3 Å². The number of fused-ring (bicyclic) bond motifs is 4. The van der Waals surface area contributed by atoms with Gasteiger partial charge in [0.15, 0.2) is 0 Å². The Morgan fingerprint density at radius 2 is 0.897 bits per heavy atom. The third kappa shape index (κ3) is 5.64. The highest BCUT2D eigenvalue weighted by atomic mass is 32.1. The molecule has 0 amide bonds. The lowest BCUT2D eigenvalue weighted by Crippen LogP contribution is -2.48. The predicted molar refractivity (Wildman–Crippen MR) is 248 cm³/mol. The molecule has 1 aromatic heterocycles. The van der Waals surface area contributed by atoms with E-state index in [0.717, 1.165) is 23.4 Å². The number of nitrogens with zero attached hydrogens (tertiary/aromatic N) is 1. The zero-order valence-corrected chi connectivity index (χ0v) is 33.5. The summed E-state index contributed by atoms with van der Waals surface area (Å²) in [7, 11) is 0. The summed E-state index contributed by atoms with van der Waals surface area (Å²) < 4.78 is 2.70. The fraction of sp³-hybridized carbons (Fsp3) is 0.179. The van der Waals surface area contributed by atoms with Crippen LogP contribution < -0.4 is 4.90 Å². The minimum atomic E-state index is 0.381. The molecule has 0 unspecified atom stereocenters. The second-order valence-corrected chi connectivity index (χ2v) is 18.6. The first-order valence-electron chi connectivity index (χ1n) is 21.2. The van der Waals surface area contributed by atoms with Crippen LogP contribution in [0.4, 0.5) is 17.1 Å². The quantitative estimate of drug-likeness (QED) is 0.156. The molecule has 0 spiro atoms. The van der Waals surface area contributed by atoms with Crippen molar-refractivity contribution in [2.45, 2.75) is 43.9 Å². The average molecular weight is 764 g/mol. The number of hydrogen-bond acceptors (Lipinski definition) is 2. The minimum Gasteiger partial charge on any atom is -0.311 e. The Morgan fingerprint density at radius 1 is 0.414 bits per heavy atom. The summed E-state index contributed by atoms with van der Waals surface area (Å²) in [4.78, 5) is 2.45. The highest BCUT2D eigenvalue weighted by molar-refractivity contribution is 7.26. The van der Waals surface area contributed by atoms with Crippen LogP contribution in [0, 0.1) is 17.8 Å². The van der Waals surface area contributed by atoms with Crippen LogP contribution in [0.5, 0.6) is 0 Å². The van der Waals surface area contributed by atoms with Gasteiger partial charge in [-0.25, -0.2) is 0 Å². The highest BCUT2D eigenvalue weighted by Crippen LogP contribution is 2.61. The van der Waals surface area contributed by atoms with Crippen LogP contribution in [0.1, 0.15) is 44.1 Å². The molecule has 4 bridgehead atoms. The van der Waals surface area contributed by atoms with Gasteiger partial charge in [0, 0.05) is 37.2 Å². The Labute approximate surface area is 345 Å². The Hall–Kier alpha value is -5.96. The first-order chi connectivity index (χ1) is 28.7. The van der Waals surface area contributed by atoms with Gasteiger partial charge in [-0.2, -0.15) is 0 Å². The molecular formula is C56H45NS. The number of rotatable bonds is 7. The summed E-state index contributed by atoms with van der Waals surface area (Å²) in [5, 5.41) is 5.23. The Balaban J connectivity index is 0.944. The van der Waals surface area contributed by atoms with Gasteiger partial charge in [0.05, 0.1) is 0 Å². The first-order valence-corrected chi connectivity index (χ1v) is 22.1.